The molecule has 4 aromatic rings. The summed E-state index contributed by atoms with van der Waals surface area (Å²) in [6.45, 7) is 0. The highest BCUT2D eigenvalue weighted by atomic mass is 32.2. The molecule has 1 amide bonds. The summed E-state index contributed by atoms with van der Waals surface area (Å²) in [7, 11) is 1.61. The minimum Gasteiger partial charge on any atom is -0.497 e. The summed E-state index contributed by atoms with van der Waals surface area (Å²) >= 11 is 2.87. The first kappa shape index (κ1) is 21.9. The lowest BCUT2D eigenvalue weighted by Gasteiger charge is -2.23. The standard InChI is InChI=1S/C24H18N4O4S2/c1-32-18-12-8-16(9-13-18)23-27(26-24-25-19-4-2-3-5-20(19)34-24)22(29)21(33-23)14-15-6-10-17(11-7-15)28(30)31/h2-14,23H,1H3,(H,25,26)/b21-14-/t23-/m1/s1. The molecule has 1 aliphatic heterocycles. The number of hydrogen-bond donors (Lipinski definition) is 1. The Labute approximate surface area is 203 Å². The van der Waals surface area contributed by atoms with Gasteiger partial charge in [-0.15, -0.1) is 0 Å². The number of thiazole rings is 1. The van der Waals surface area contributed by atoms with E-state index in [1.165, 1.54) is 35.2 Å². The van der Waals surface area contributed by atoms with Crippen LogP contribution in [-0.2, 0) is 4.79 Å². The van der Waals surface area contributed by atoms with Crippen LogP contribution in [0.25, 0.3) is 16.3 Å². The number of rotatable bonds is 6. The van der Waals surface area contributed by atoms with Crippen LogP contribution in [0.1, 0.15) is 16.5 Å². The number of nitrogens with zero attached hydrogens (tertiary/aromatic N) is 3. The molecule has 1 atom stereocenters. The molecule has 0 saturated carbocycles. The van der Waals surface area contributed by atoms with E-state index in [0.717, 1.165) is 21.5 Å². The number of thioether (sulfide) groups is 1. The highest BCUT2D eigenvalue weighted by molar-refractivity contribution is 8.04. The molecule has 0 spiro atoms. The summed E-state index contributed by atoms with van der Waals surface area (Å²) < 4.78 is 6.29. The number of carbonyl (C=O) groups is 1. The van der Waals surface area contributed by atoms with E-state index in [4.69, 9.17) is 4.74 Å². The smallest absolute Gasteiger partial charge is 0.280 e. The van der Waals surface area contributed by atoms with E-state index in [-0.39, 0.29) is 17.0 Å². The number of amides is 1. The fourth-order valence-electron chi connectivity index (χ4n) is 3.51. The Bertz CT molecular complexity index is 1370. The molecule has 8 nitrogen and oxygen atoms in total. The molecule has 3 aromatic carbocycles. The van der Waals surface area contributed by atoms with E-state index in [1.807, 2.05) is 48.5 Å². The molecule has 0 radical (unpaired) electrons. The second-order valence-corrected chi connectivity index (χ2v) is 9.53. The Morgan fingerprint density at radius 2 is 1.82 bits per heavy atom. The lowest BCUT2D eigenvalue weighted by Crippen LogP contribution is -2.33. The van der Waals surface area contributed by atoms with Crippen LogP contribution in [-0.4, -0.2) is 27.9 Å². The van der Waals surface area contributed by atoms with Crippen molar-refractivity contribution >= 4 is 56.1 Å². The summed E-state index contributed by atoms with van der Waals surface area (Å²) in [4.78, 5) is 29.0. The van der Waals surface area contributed by atoms with Gasteiger partial charge in [0.2, 0.25) is 5.13 Å². The lowest BCUT2D eigenvalue weighted by atomic mass is 10.2. The summed E-state index contributed by atoms with van der Waals surface area (Å²) in [5, 5.41) is 12.8. The number of nitro groups is 1. The average molecular weight is 491 g/mol. The van der Waals surface area contributed by atoms with Crippen LogP contribution < -0.4 is 10.2 Å². The number of anilines is 1. The Kier molecular flexibility index (Phi) is 5.91. The van der Waals surface area contributed by atoms with E-state index in [9.17, 15) is 14.9 Å². The van der Waals surface area contributed by atoms with Crippen molar-refractivity contribution in [2.24, 2.45) is 0 Å². The molecule has 1 saturated heterocycles. The van der Waals surface area contributed by atoms with Gasteiger partial charge < -0.3 is 4.74 Å². The maximum atomic E-state index is 13.4. The third kappa shape index (κ3) is 4.33. The third-order valence-corrected chi connectivity index (χ3v) is 7.41. The van der Waals surface area contributed by atoms with Crippen LogP contribution in [0.5, 0.6) is 5.75 Å². The molecular weight excluding hydrogens is 472 g/mol. The number of nitrogens with one attached hydrogen (secondary N) is 1. The van der Waals surface area contributed by atoms with Gasteiger partial charge in [0.1, 0.15) is 11.1 Å². The van der Waals surface area contributed by atoms with Gasteiger partial charge in [-0.1, -0.05) is 47.4 Å². The monoisotopic (exact) mass is 490 g/mol. The predicted octanol–water partition coefficient (Wildman–Crippen LogP) is 5.86. The topological polar surface area (TPSA) is 97.6 Å². The molecule has 2 heterocycles. The van der Waals surface area contributed by atoms with Crippen molar-refractivity contribution in [2.45, 2.75) is 5.37 Å². The Morgan fingerprint density at radius 1 is 1.09 bits per heavy atom. The van der Waals surface area contributed by atoms with E-state index in [1.54, 1.807) is 30.3 Å². The number of ether oxygens (including phenoxy) is 1. The van der Waals surface area contributed by atoms with Crippen molar-refractivity contribution in [1.82, 2.24) is 9.99 Å². The third-order valence-electron chi connectivity index (χ3n) is 5.22. The summed E-state index contributed by atoms with van der Waals surface area (Å²) in [5.41, 5.74) is 5.69. The fraction of sp³-hybridized carbons (Fsp3) is 0.0833. The highest BCUT2D eigenvalue weighted by Crippen LogP contribution is 2.46. The van der Waals surface area contributed by atoms with Gasteiger partial charge in [-0.3, -0.25) is 20.3 Å². The lowest BCUT2D eigenvalue weighted by molar-refractivity contribution is -0.384. The van der Waals surface area contributed by atoms with Crippen molar-refractivity contribution < 1.29 is 14.5 Å². The van der Waals surface area contributed by atoms with Gasteiger partial charge >= 0.3 is 0 Å². The molecule has 1 aliphatic rings. The fourth-order valence-corrected chi connectivity index (χ4v) is 5.56. The SMILES string of the molecule is COc1ccc([C@H]2S/C(=C\c3ccc([N+](=O)[O-])cc3)C(=O)N2Nc2nc3ccccc3s2)cc1. The van der Waals surface area contributed by atoms with Crippen molar-refractivity contribution in [3.05, 3.63) is 98.9 Å². The molecule has 1 aromatic heterocycles. The molecule has 34 heavy (non-hydrogen) atoms. The summed E-state index contributed by atoms with van der Waals surface area (Å²) in [6.07, 6.45) is 1.74. The average Bonchev–Trinajstić information content (AvgIpc) is 3.40. The maximum absolute atomic E-state index is 13.4. The number of non-ortho nitro benzene ring substituents is 1. The largest absolute Gasteiger partial charge is 0.497 e. The Balaban J connectivity index is 1.48. The van der Waals surface area contributed by atoms with Crippen LogP contribution in [0.15, 0.2) is 77.7 Å². The van der Waals surface area contributed by atoms with Crippen molar-refractivity contribution in [1.29, 1.82) is 0 Å². The van der Waals surface area contributed by atoms with Gasteiger partial charge in [0.05, 0.1) is 27.2 Å². The second-order valence-electron chi connectivity index (χ2n) is 7.37. The van der Waals surface area contributed by atoms with Crippen LogP contribution in [0.3, 0.4) is 0 Å². The quantitative estimate of drug-likeness (QED) is 0.205. The number of aromatic nitrogens is 1. The molecule has 0 unspecified atom stereocenters. The zero-order valence-corrected chi connectivity index (χ0v) is 19.5. The van der Waals surface area contributed by atoms with Crippen molar-refractivity contribution in [2.75, 3.05) is 12.5 Å². The number of benzene rings is 3. The summed E-state index contributed by atoms with van der Waals surface area (Å²) in [6, 6.07) is 21.5. The first-order valence-electron chi connectivity index (χ1n) is 10.2. The van der Waals surface area contributed by atoms with Crippen LogP contribution in [0.2, 0.25) is 0 Å². The minimum atomic E-state index is -0.449. The normalized spacial score (nSPS) is 16.9. The number of para-hydroxylation sites is 1. The number of carbonyl (C=O) groups excluding carboxylic acids is 1. The van der Waals surface area contributed by atoms with Gasteiger partial charge in [-0.05, 0) is 53.6 Å². The predicted molar refractivity (Wildman–Crippen MR) is 134 cm³/mol. The zero-order valence-electron chi connectivity index (χ0n) is 17.9. The summed E-state index contributed by atoms with van der Waals surface area (Å²) in [5.74, 6) is 0.522. The Hall–Kier alpha value is -3.89. The Morgan fingerprint density at radius 3 is 2.50 bits per heavy atom. The first-order chi connectivity index (χ1) is 16.5. The van der Waals surface area contributed by atoms with Gasteiger partial charge in [0.25, 0.3) is 11.6 Å². The molecule has 1 N–H and O–H groups in total. The molecule has 0 aliphatic carbocycles. The first-order valence-corrected chi connectivity index (χ1v) is 11.9. The van der Waals surface area contributed by atoms with Crippen molar-refractivity contribution in [3.63, 3.8) is 0 Å². The number of hydrazine groups is 1. The number of methoxy groups -OCH3 is 1. The molecule has 5 rings (SSSR count). The van der Waals surface area contributed by atoms with E-state index in [2.05, 4.69) is 10.4 Å². The maximum Gasteiger partial charge on any atom is 0.280 e. The molecule has 0 bridgehead atoms. The van der Waals surface area contributed by atoms with Crippen LogP contribution in [0.4, 0.5) is 10.8 Å². The van der Waals surface area contributed by atoms with Crippen molar-refractivity contribution in [3.8, 4) is 5.75 Å². The molecule has 1 fully saturated rings. The van der Waals surface area contributed by atoms with E-state index in [0.29, 0.717) is 15.6 Å². The zero-order chi connectivity index (χ0) is 23.7. The van der Waals surface area contributed by atoms with Crippen LogP contribution >= 0.6 is 23.1 Å². The van der Waals surface area contributed by atoms with Gasteiger partial charge in [0.15, 0.2) is 0 Å². The van der Waals surface area contributed by atoms with Gasteiger partial charge in [0, 0.05) is 12.1 Å². The van der Waals surface area contributed by atoms with Gasteiger partial charge in [-0.25, -0.2) is 9.99 Å². The number of nitro benzene ring substituents is 1. The number of hydrogen-bond acceptors (Lipinski definition) is 8. The van der Waals surface area contributed by atoms with Crippen LogP contribution in [0, 0.1) is 10.1 Å². The number of fused-ring (bicyclic) bond motifs is 1. The van der Waals surface area contributed by atoms with Gasteiger partial charge in [-0.2, -0.15) is 0 Å². The van der Waals surface area contributed by atoms with E-state index >= 15 is 0 Å². The molecular formula is C24H18N4O4S2. The van der Waals surface area contributed by atoms with E-state index < -0.39 is 4.92 Å². The molecule has 10 heteroatoms. The second kappa shape index (κ2) is 9.16. The molecule has 170 valence electrons. The highest BCUT2D eigenvalue weighted by Gasteiger charge is 2.38. The minimum absolute atomic E-state index is 0.00258.